The second-order valence-electron chi connectivity index (χ2n) is 4.40. The van der Waals surface area contributed by atoms with E-state index >= 15 is 0 Å². The van der Waals surface area contributed by atoms with Crippen LogP contribution in [0, 0.1) is 0 Å². The Morgan fingerprint density at radius 3 is 2.68 bits per heavy atom. The molecule has 0 aromatic carbocycles. The van der Waals surface area contributed by atoms with Gasteiger partial charge in [0, 0.05) is 0 Å². The van der Waals surface area contributed by atoms with Gasteiger partial charge in [0.05, 0.1) is 11.4 Å². The van der Waals surface area contributed by atoms with E-state index < -0.39 is 5.97 Å². The highest BCUT2D eigenvalue weighted by Gasteiger charge is 1.92. The summed E-state index contributed by atoms with van der Waals surface area (Å²) in [5.74, 6) is -1.09. The largest absolute Gasteiger partial charge is 0.478 e. The van der Waals surface area contributed by atoms with Gasteiger partial charge in [-0.05, 0) is 12.8 Å². The number of aromatic nitrogens is 2. The Morgan fingerprint density at radius 2 is 2.00 bits per heavy atom. The summed E-state index contributed by atoms with van der Waals surface area (Å²) < 4.78 is 0. The molecule has 0 aliphatic rings. The van der Waals surface area contributed by atoms with Crippen molar-refractivity contribution in [3.8, 4) is 0 Å². The molecule has 0 saturated carbocycles. The molecule has 1 heterocycles. The van der Waals surface area contributed by atoms with Crippen LogP contribution in [0.3, 0.4) is 0 Å². The molecule has 1 aromatic rings. The van der Waals surface area contributed by atoms with Gasteiger partial charge in [-0.15, -0.1) is 0 Å². The van der Waals surface area contributed by atoms with E-state index in [2.05, 4.69) is 22.6 Å². The number of hydrogen-bond acceptors (Lipinski definition) is 2. The van der Waals surface area contributed by atoms with Gasteiger partial charge in [0.15, 0.2) is 0 Å². The van der Waals surface area contributed by atoms with Crippen LogP contribution in [0.1, 0.15) is 45.4 Å². The summed E-state index contributed by atoms with van der Waals surface area (Å²) in [6, 6.07) is 0. The van der Waals surface area contributed by atoms with Gasteiger partial charge < -0.3 is 10.1 Å². The summed E-state index contributed by atoms with van der Waals surface area (Å²) in [7, 11) is 0. The Hall–Kier alpha value is -2.00. The Balaban J connectivity index is 2.75. The average molecular weight is 264 g/mol. The number of aromatic amines is 2. The van der Waals surface area contributed by atoms with Crippen LogP contribution >= 0.6 is 0 Å². The third kappa shape index (κ3) is 5.93. The summed E-state index contributed by atoms with van der Waals surface area (Å²) in [6.07, 6.45) is 9.58. The number of carboxylic acids is 1. The molecule has 0 spiro atoms. The molecular formula is C14H20N2O3. The Morgan fingerprint density at radius 1 is 1.26 bits per heavy atom. The molecule has 3 N–H and O–H groups in total. The predicted octanol–water partition coefficient (Wildman–Crippen LogP) is 0.864. The monoisotopic (exact) mass is 264 g/mol. The van der Waals surface area contributed by atoms with E-state index in [1.54, 1.807) is 0 Å². The number of H-pyrrole nitrogens is 2. The zero-order valence-corrected chi connectivity index (χ0v) is 11.2. The van der Waals surface area contributed by atoms with Crippen LogP contribution in [0.4, 0.5) is 0 Å². The Labute approximate surface area is 111 Å². The van der Waals surface area contributed by atoms with Crippen LogP contribution in [0.5, 0.6) is 0 Å². The molecule has 1 aromatic heterocycles. The van der Waals surface area contributed by atoms with Crippen LogP contribution < -0.4 is 16.4 Å². The van der Waals surface area contributed by atoms with Crippen LogP contribution in [0.2, 0.25) is 0 Å². The highest BCUT2D eigenvalue weighted by Crippen LogP contribution is 2.04. The normalized spacial score (nSPS) is 11.3. The first-order valence-electron chi connectivity index (χ1n) is 6.61. The lowest BCUT2D eigenvalue weighted by atomic mass is 10.1. The molecule has 0 unspecified atom stereocenters. The van der Waals surface area contributed by atoms with Crippen molar-refractivity contribution in [3.63, 3.8) is 0 Å². The number of imidazole rings is 1. The van der Waals surface area contributed by atoms with E-state index in [9.17, 15) is 9.59 Å². The van der Waals surface area contributed by atoms with E-state index in [0.717, 1.165) is 18.9 Å². The fourth-order valence-corrected chi connectivity index (χ4v) is 1.79. The molecule has 0 atom stereocenters. The fourth-order valence-electron chi connectivity index (χ4n) is 1.79. The number of hydrogen-bond donors (Lipinski definition) is 3. The van der Waals surface area contributed by atoms with Gasteiger partial charge in [0.1, 0.15) is 5.35 Å². The Kier molecular flexibility index (Phi) is 6.47. The molecule has 104 valence electrons. The van der Waals surface area contributed by atoms with Crippen molar-refractivity contribution in [1.82, 2.24) is 9.97 Å². The topological polar surface area (TPSA) is 86.0 Å². The molecule has 5 nitrogen and oxygen atoms in total. The molecule has 1 rings (SSSR count). The third-order valence-corrected chi connectivity index (χ3v) is 2.75. The maximum Gasteiger partial charge on any atom is 0.336 e. The molecular weight excluding hydrogens is 244 g/mol. The van der Waals surface area contributed by atoms with Gasteiger partial charge in [-0.2, -0.15) is 0 Å². The summed E-state index contributed by atoms with van der Waals surface area (Å²) in [6.45, 7) is 2.17. The van der Waals surface area contributed by atoms with E-state index in [4.69, 9.17) is 5.11 Å². The molecule has 0 fully saturated rings. The van der Waals surface area contributed by atoms with E-state index in [-0.39, 0.29) is 5.69 Å². The molecule has 0 amide bonds. The van der Waals surface area contributed by atoms with E-state index in [1.165, 1.54) is 25.7 Å². The lowest BCUT2D eigenvalue weighted by molar-refractivity contribution is -0.131. The summed E-state index contributed by atoms with van der Waals surface area (Å²) in [5.41, 5.74) is 2.20. The van der Waals surface area contributed by atoms with Crippen LogP contribution in [-0.2, 0) is 4.79 Å². The lowest BCUT2D eigenvalue weighted by Crippen LogP contribution is -2.23. The highest BCUT2D eigenvalue weighted by molar-refractivity contribution is 5.82. The third-order valence-electron chi connectivity index (χ3n) is 2.75. The lowest BCUT2D eigenvalue weighted by Gasteiger charge is -1.95. The second kappa shape index (κ2) is 8.16. The number of rotatable bonds is 7. The van der Waals surface area contributed by atoms with Crippen molar-refractivity contribution in [2.75, 3.05) is 0 Å². The Bertz CT molecular complexity index is 603. The second-order valence-corrected chi connectivity index (χ2v) is 4.40. The van der Waals surface area contributed by atoms with Gasteiger partial charge >= 0.3 is 11.7 Å². The minimum Gasteiger partial charge on any atom is -0.478 e. The first kappa shape index (κ1) is 15.1. The average Bonchev–Trinajstić information content (AvgIpc) is 2.71. The van der Waals surface area contributed by atoms with Crippen molar-refractivity contribution < 1.29 is 9.90 Å². The standard InChI is InChI=1S/C14H20N2O3/c1-2-3-4-5-6-7-8-11-12(9-10-13(17)18)16-14(19)15-11/h8,10H,2-7H2,1H3,(H,17,18)(H2,15,16,19). The first-order chi connectivity index (χ1) is 9.13. The van der Waals surface area contributed by atoms with Crippen molar-refractivity contribution >= 4 is 17.8 Å². The van der Waals surface area contributed by atoms with Gasteiger partial charge in [-0.1, -0.05) is 44.4 Å². The van der Waals surface area contributed by atoms with Crippen molar-refractivity contribution in [2.45, 2.75) is 45.4 Å². The molecule has 0 saturated heterocycles. The zero-order chi connectivity index (χ0) is 14.1. The number of unbranched alkanes of at least 4 members (excludes halogenated alkanes) is 5. The van der Waals surface area contributed by atoms with Crippen LogP contribution in [0.25, 0.3) is 11.8 Å². The number of nitrogens with one attached hydrogen (secondary N) is 2. The zero-order valence-electron chi connectivity index (χ0n) is 11.2. The molecule has 0 radical (unpaired) electrons. The van der Waals surface area contributed by atoms with E-state index in [1.807, 2.05) is 6.08 Å². The van der Waals surface area contributed by atoms with Gasteiger partial charge in [0.25, 0.3) is 0 Å². The van der Waals surface area contributed by atoms with Crippen molar-refractivity contribution in [3.05, 3.63) is 27.3 Å². The van der Waals surface area contributed by atoms with E-state index in [0.29, 0.717) is 10.7 Å². The number of aliphatic carboxylic acids is 1. The summed E-state index contributed by atoms with van der Waals surface area (Å²) >= 11 is 0. The van der Waals surface area contributed by atoms with Gasteiger partial charge in [-0.25, -0.2) is 9.59 Å². The maximum absolute atomic E-state index is 11.2. The summed E-state index contributed by atoms with van der Waals surface area (Å²) in [4.78, 5) is 26.8. The molecule has 0 aliphatic carbocycles. The van der Waals surface area contributed by atoms with Crippen LogP contribution in [-0.4, -0.2) is 21.0 Å². The predicted molar refractivity (Wildman–Crippen MR) is 74.1 cm³/mol. The quantitative estimate of drug-likeness (QED) is 0.504. The number of carboxylic acid groups (broad SMARTS) is 1. The number of carbonyl (C=O) groups is 1. The molecule has 5 heteroatoms. The van der Waals surface area contributed by atoms with Crippen molar-refractivity contribution in [1.29, 1.82) is 0 Å². The minimum absolute atomic E-state index is 0.349. The minimum atomic E-state index is -1.09. The first-order valence-corrected chi connectivity index (χ1v) is 6.61. The maximum atomic E-state index is 11.2. The SMILES string of the molecule is CCCCCCCC=c1[nH]c(=O)[nH]c1=C=CC(=O)O. The fraction of sp³-hybridized carbons (Fsp3) is 0.500. The molecule has 0 bridgehead atoms. The summed E-state index contributed by atoms with van der Waals surface area (Å²) in [5, 5.41) is 9.54. The molecule has 0 aliphatic heterocycles. The highest BCUT2D eigenvalue weighted by atomic mass is 16.4. The molecule has 19 heavy (non-hydrogen) atoms. The van der Waals surface area contributed by atoms with Gasteiger partial charge in [-0.3, -0.25) is 4.98 Å². The van der Waals surface area contributed by atoms with Crippen molar-refractivity contribution in [2.24, 2.45) is 0 Å². The smallest absolute Gasteiger partial charge is 0.336 e. The van der Waals surface area contributed by atoms with Gasteiger partial charge in [0.2, 0.25) is 0 Å². The van der Waals surface area contributed by atoms with Crippen LogP contribution in [0.15, 0.2) is 10.9 Å².